The van der Waals surface area contributed by atoms with Crippen LogP contribution in [0.25, 0.3) is 0 Å². The van der Waals surface area contributed by atoms with Gasteiger partial charge in [-0.2, -0.15) is 0 Å². The third-order valence-corrected chi connectivity index (χ3v) is 2.30. The zero-order chi connectivity index (χ0) is 13.0. The van der Waals surface area contributed by atoms with E-state index < -0.39 is 0 Å². The fourth-order valence-corrected chi connectivity index (χ4v) is 1.58. The number of carbonyl (C=O) groups excluding carboxylic acids is 1. The Labute approximate surface area is 105 Å². The predicted octanol–water partition coefficient (Wildman–Crippen LogP) is 2.75. The minimum Gasteiger partial charge on any atom is -0.382 e. The first-order valence-corrected chi connectivity index (χ1v) is 5.74. The Balaban J connectivity index is 2.19. The van der Waals surface area contributed by atoms with Crippen molar-refractivity contribution < 1.29 is 9.32 Å². The Morgan fingerprint density at radius 1 is 1.28 bits per heavy atom. The zero-order valence-electron chi connectivity index (χ0n) is 10.3. The fourth-order valence-electron chi connectivity index (χ4n) is 1.58. The van der Waals surface area contributed by atoms with Crippen molar-refractivity contribution in [3.8, 4) is 0 Å². The highest BCUT2D eigenvalue weighted by Gasteiger charge is 2.12. The maximum Gasteiger partial charge on any atom is 0.259 e. The van der Waals surface area contributed by atoms with Gasteiger partial charge in [0.05, 0.1) is 5.56 Å². The van der Waals surface area contributed by atoms with E-state index >= 15 is 0 Å². The van der Waals surface area contributed by atoms with Crippen molar-refractivity contribution in [2.75, 3.05) is 10.6 Å². The number of nitrogens with zero attached hydrogens (tertiary/aromatic N) is 1. The fraction of sp³-hybridized carbons (Fsp3) is 0.231. The molecule has 0 fully saturated rings. The van der Waals surface area contributed by atoms with Crippen LogP contribution in [0.3, 0.4) is 0 Å². The predicted molar refractivity (Wildman–Crippen MR) is 69.7 cm³/mol. The molecular formula is C13H15N3O2. The Bertz CT molecular complexity index is 521. The molecule has 18 heavy (non-hydrogen) atoms. The quantitative estimate of drug-likeness (QED) is 0.869. The second-order valence-corrected chi connectivity index (χ2v) is 4.18. The van der Waals surface area contributed by atoms with Gasteiger partial charge in [-0.3, -0.25) is 4.79 Å². The first-order chi connectivity index (χ1) is 8.66. The number of rotatable bonds is 4. The van der Waals surface area contributed by atoms with Gasteiger partial charge < -0.3 is 15.2 Å². The molecule has 0 bridgehead atoms. The summed E-state index contributed by atoms with van der Waals surface area (Å²) in [6.07, 6.45) is 1.41. The van der Waals surface area contributed by atoms with Crippen LogP contribution in [-0.2, 0) is 0 Å². The average Bonchev–Trinajstić information content (AvgIpc) is 2.81. The SMILES string of the molecule is CC(C)Nc1ccccc1C(=O)Nc1ccon1. The van der Waals surface area contributed by atoms with Crippen LogP contribution in [-0.4, -0.2) is 17.1 Å². The number of benzene rings is 1. The van der Waals surface area contributed by atoms with Gasteiger partial charge in [0.15, 0.2) is 5.82 Å². The van der Waals surface area contributed by atoms with E-state index in [9.17, 15) is 4.79 Å². The van der Waals surface area contributed by atoms with E-state index in [4.69, 9.17) is 0 Å². The normalized spacial score (nSPS) is 10.4. The van der Waals surface area contributed by atoms with Gasteiger partial charge in [-0.15, -0.1) is 0 Å². The van der Waals surface area contributed by atoms with Crippen molar-refractivity contribution in [2.24, 2.45) is 0 Å². The lowest BCUT2D eigenvalue weighted by molar-refractivity contribution is 0.102. The molecule has 5 heteroatoms. The summed E-state index contributed by atoms with van der Waals surface area (Å²) in [5.41, 5.74) is 1.38. The minimum atomic E-state index is -0.215. The molecule has 0 saturated carbocycles. The largest absolute Gasteiger partial charge is 0.382 e. The van der Waals surface area contributed by atoms with Crippen LogP contribution in [0.15, 0.2) is 41.1 Å². The third-order valence-electron chi connectivity index (χ3n) is 2.30. The highest BCUT2D eigenvalue weighted by Crippen LogP contribution is 2.17. The van der Waals surface area contributed by atoms with Crippen LogP contribution >= 0.6 is 0 Å². The summed E-state index contributed by atoms with van der Waals surface area (Å²) in [7, 11) is 0. The van der Waals surface area contributed by atoms with Crippen LogP contribution in [0.1, 0.15) is 24.2 Å². The molecule has 0 unspecified atom stereocenters. The van der Waals surface area contributed by atoms with Gasteiger partial charge in [0, 0.05) is 17.8 Å². The van der Waals surface area contributed by atoms with Crippen LogP contribution < -0.4 is 10.6 Å². The van der Waals surface area contributed by atoms with E-state index in [0.717, 1.165) is 5.69 Å². The molecule has 94 valence electrons. The molecule has 0 atom stereocenters. The molecule has 2 aromatic rings. The number of nitrogens with one attached hydrogen (secondary N) is 2. The lowest BCUT2D eigenvalue weighted by Crippen LogP contribution is -2.17. The first kappa shape index (κ1) is 12.2. The zero-order valence-corrected chi connectivity index (χ0v) is 10.3. The van der Waals surface area contributed by atoms with Gasteiger partial charge in [0.2, 0.25) is 0 Å². The molecule has 1 aromatic heterocycles. The molecule has 0 radical (unpaired) electrons. The van der Waals surface area contributed by atoms with E-state index in [1.165, 1.54) is 6.26 Å². The molecule has 0 aliphatic rings. The average molecular weight is 245 g/mol. The second-order valence-electron chi connectivity index (χ2n) is 4.18. The third kappa shape index (κ3) is 2.88. The highest BCUT2D eigenvalue weighted by atomic mass is 16.5. The molecule has 0 aliphatic carbocycles. The van der Waals surface area contributed by atoms with E-state index in [1.54, 1.807) is 12.1 Å². The van der Waals surface area contributed by atoms with Gasteiger partial charge in [-0.25, -0.2) is 0 Å². The van der Waals surface area contributed by atoms with Gasteiger partial charge in [0.1, 0.15) is 6.26 Å². The molecule has 1 aromatic carbocycles. The van der Waals surface area contributed by atoms with Crippen molar-refractivity contribution in [3.63, 3.8) is 0 Å². The van der Waals surface area contributed by atoms with Crippen molar-refractivity contribution in [1.29, 1.82) is 0 Å². The number of carbonyl (C=O) groups is 1. The van der Waals surface area contributed by atoms with E-state index in [2.05, 4.69) is 20.3 Å². The molecule has 0 aliphatic heterocycles. The molecule has 0 saturated heterocycles. The van der Waals surface area contributed by atoms with Crippen molar-refractivity contribution >= 4 is 17.4 Å². The molecular weight excluding hydrogens is 230 g/mol. The summed E-state index contributed by atoms with van der Waals surface area (Å²) in [5.74, 6) is 0.187. The Morgan fingerprint density at radius 2 is 2.06 bits per heavy atom. The topological polar surface area (TPSA) is 67.2 Å². The summed E-state index contributed by atoms with van der Waals surface area (Å²) in [6.45, 7) is 4.04. The van der Waals surface area contributed by atoms with Crippen molar-refractivity contribution in [2.45, 2.75) is 19.9 Å². The van der Waals surface area contributed by atoms with Gasteiger partial charge in [-0.05, 0) is 26.0 Å². The standard InChI is InChI=1S/C13H15N3O2/c1-9(2)14-11-6-4-3-5-10(11)13(17)15-12-7-8-18-16-12/h3-9,14H,1-2H3,(H,15,16,17). The van der Waals surface area contributed by atoms with Crippen molar-refractivity contribution in [3.05, 3.63) is 42.2 Å². The molecule has 0 spiro atoms. The van der Waals surface area contributed by atoms with E-state index in [1.807, 2.05) is 32.0 Å². The Morgan fingerprint density at radius 3 is 2.72 bits per heavy atom. The number of aromatic nitrogens is 1. The Hall–Kier alpha value is -2.30. The van der Waals surface area contributed by atoms with Gasteiger partial charge in [0.25, 0.3) is 5.91 Å². The number of hydrogen-bond acceptors (Lipinski definition) is 4. The van der Waals surface area contributed by atoms with E-state index in [0.29, 0.717) is 11.4 Å². The molecule has 5 nitrogen and oxygen atoms in total. The van der Waals surface area contributed by atoms with E-state index in [-0.39, 0.29) is 11.9 Å². The lowest BCUT2D eigenvalue weighted by atomic mass is 10.1. The number of para-hydroxylation sites is 1. The lowest BCUT2D eigenvalue weighted by Gasteiger charge is -2.13. The number of amides is 1. The minimum absolute atomic E-state index is 0.215. The summed E-state index contributed by atoms with van der Waals surface area (Å²) < 4.78 is 4.67. The maximum absolute atomic E-state index is 12.1. The van der Waals surface area contributed by atoms with Crippen molar-refractivity contribution in [1.82, 2.24) is 5.16 Å². The highest BCUT2D eigenvalue weighted by molar-refractivity contribution is 6.07. The second kappa shape index (κ2) is 5.35. The van der Waals surface area contributed by atoms with Crippen LogP contribution in [0, 0.1) is 0 Å². The van der Waals surface area contributed by atoms with Crippen LogP contribution in [0.2, 0.25) is 0 Å². The molecule has 2 rings (SSSR count). The van der Waals surface area contributed by atoms with Crippen LogP contribution in [0.4, 0.5) is 11.5 Å². The summed E-state index contributed by atoms with van der Waals surface area (Å²) >= 11 is 0. The summed E-state index contributed by atoms with van der Waals surface area (Å²) in [4.78, 5) is 12.1. The van der Waals surface area contributed by atoms with Gasteiger partial charge in [-0.1, -0.05) is 17.3 Å². The maximum atomic E-state index is 12.1. The smallest absolute Gasteiger partial charge is 0.259 e. The Kier molecular flexibility index (Phi) is 3.62. The van der Waals surface area contributed by atoms with Gasteiger partial charge >= 0.3 is 0 Å². The molecule has 1 amide bonds. The first-order valence-electron chi connectivity index (χ1n) is 5.74. The summed E-state index contributed by atoms with van der Waals surface area (Å²) in [5, 5.41) is 9.54. The summed E-state index contributed by atoms with van der Waals surface area (Å²) in [6, 6.07) is 9.20. The molecule has 1 heterocycles. The number of anilines is 2. The number of hydrogen-bond donors (Lipinski definition) is 2. The van der Waals surface area contributed by atoms with Crippen LogP contribution in [0.5, 0.6) is 0 Å². The monoisotopic (exact) mass is 245 g/mol. The molecule has 2 N–H and O–H groups in total.